The molecule has 0 fully saturated rings. The number of rotatable bonds is 6. The Balaban J connectivity index is 2.91. The number of carbonyl (C=O) groups excluding carboxylic acids is 1. The number of nitrogens with one attached hydrogen (secondary N) is 1. The highest BCUT2D eigenvalue weighted by molar-refractivity contribution is 8.13. The monoisotopic (exact) mass is 355 g/mol. The molecule has 0 aliphatic heterocycles. The largest absolute Gasteiger partial charge is 0.352 e. The molecule has 0 radical (unpaired) electrons. The van der Waals surface area contributed by atoms with Gasteiger partial charge < -0.3 is 5.32 Å². The maximum Gasteiger partial charge on any atom is 0.261 e. The molecule has 0 bridgehead atoms. The van der Waals surface area contributed by atoms with Crippen molar-refractivity contribution in [2.45, 2.75) is 18.2 Å². The van der Waals surface area contributed by atoms with Crippen LogP contribution in [0.2, 0.25) is 0 Å². The summed E-state index contributed by atoms with van der Waals surface area (Å²) in [5, 5.41) is 2.50. The minimum atomic E-state index is -4.14. The summed E-state index contributed by atoms with van der Waals surface area (Å²) in [5.41, 5.74) is -0.266. The quantitative estimate of drug-likeness (QED) is 0.620. The Bertz CT molecular complexity index is 676. The van der Waals surface area contributed by atoms with Gasteiger partial charge in [-0.15, -0.1) is 0 Å². The van der Waals surface area contributed by atoms with Crippen molar-refractivity contribution in [1.82, 2.24) is 5.32 Å². The standard InChI is InChI=1S/C12H15ClFNO4S2/c1-8-10(14)6-9(7-11(8)21(13,18)19)12(16)15-4-3-5-20(2)17/h6-7H,3-5H2,1-2H3,(H,15,16). The molecule has 5 nitrogen and oxygen atoms in total. The third-order valence-electron chi connectivity index (χ3n) is 2.72. The van der Waals surface area contributed by atoms with Crippen molar-refractivity contribution in [3.8, 4) is 0 Å². The van der Waals surface area contributed by atoms with Crippen molar-refractivity contribution in [3.63, 3.8) is 0 Å². The van der Waals surface area contributed by atoms with Crippen LogP contribution < -0.4 is 5.32 Å². The van der Waals surface area contributed by atoms with Crippen LogP contribution in [-0.2, 0) is 19.9 Å². The molecule has 1 aromatic carbocycles. The van der Waals surface area contributed by atoms with Crippen molar-refractivity contribution in [2.75, 3.05) is 18.6 Å². The molecule has 0 saturated carbocycles. The molecule has 1 N–H and O–H groups in total. The van der Waals surface area contributed by atoms with Gasteiger partial charge in [0.2, 0.25) is 0 Å². The highest BCUT2D eigenvalue weighted by Crippen LogP contribution is 2.23. The third-order valence-corrected chi connectivity index (χ3v) is 5.03. The van der Waals surface area contributed by atoms with E-state index in [0.29, 0.717) is 12.2 Å². The Kier molecular flexibility index (Phi) is 6.30. The molecule has 9 heteroatoms. The summed E-state index contributed by atoms with van der Waals surface area (Å²) in [6.45, 7) is 1.53. The molecular weight excluding hydrogens is 341 g/mol. The number of hydrogen-bond acceptors (Lipinski definition) is 4. The van der Waals surface area contributed by atoms with E-state index in [1.165, 1.54) is 6.92 Å². The second-order valence-electron chi connectivity index (χ2n) is 4.41. The van der Waals surface area contributed by atoms with Gasteiger partial charge in [0, 0.05) is 51.2 Å². The van der Waals surface area contributed by atoms with Crippen LogP contribution >= 0.6 is 10.7 Å². The van der Waals surface area contributed by atoms with E-state index in [2.05, 4.69) is 5.32 Å². The average Bonchev–Trinajstić information content (AvgIpc) is 2.35. The molecule has 0 aliphatic carbocycles. The summed E-state index contributed by atoms with van der Waals surface area (Å²) in [6, 6.07) is 1.99. The SMILES string of the molecule is Cc1c(F)cc(C(=O)NCCCS(C)=O)cc1S(=O)(=O)Cl. The second kappa shape index (κ2) is 7.33. The Hall–Kier alpha value is -0.990. The Morgan fingerprint density at radius 3 is 2.57 bits per heavy atom. The second-order valence-corrected chi connectivity index (χ2v) is 8.49. The van der Waals surface area contributed by atoms with Gasteiger partial charge in [-0.2, -0.15) is 0 Å². The van der Waals surface area contributed by atoms with E-state index in [-0.39, 0.29) is 17.7 Å². The van der Waals surface area contributed by atoms with Crippen molar-refractivity contribution in [3.05, 3.63) is 29.1 Å². The first-order valence-corrected chi connectivity index (χ1v) is 9.99. The molecule has 0 aromatic heterocycles. The van der Waals surface area contributed by atoms with Gasteiger partial charge in [0.1, 0.15) is 5.82 Å². The van der Waals surface area contributed by atoms with Crippen LogP contribution in [-0.4, -0.2) is 37.1 Å². The van der Waals surface area contributed by atoms with Crippen LogP contribution in [0.1, 0.15) is 22.3 Å². The number of benzene rings is 1. The predicted octanol–water partition coefficient (Wildman–Crippen LogP) is 1.56. The zero-order chi connectivity index (χ0) is 16.2. The van der Waals surface area contributed by atoms with Gasteiger partial charge in [-0.05, 0) is 25.5 Å². The number of hydrogen-bond donors (Lipinski definition) is 1. The summed E-state index contributed by atoms with van der Waals surface area (Å²) >= 11 is 0. The molecule has 118 valence electrons. The molecule has 1 unspecified atom stereocenters. The first-order valence-electron chi connectivity index (χ1n) is 5.96. The van der Waals surface area contributed by atoms with Crippen LogP contribution in [0, 0.1) is 12.7 Å². The van der Waals surface area contributed by atoms with Gasteiger partial charge in [-0.3, -0.25) is 9.00 Å². The Morgan fingerprint density at radius 1 is 1.43 bits per heavy atom. The van der Waals surface area contributed by atoms with E-state index in [1.54, 1.807) is 6.26 Å². The van der Waals surface area contributed by atoms with Crippen molar-refractivity contribution in [1.29, 1.82) is 0 Å². The van der Waals surface area contributed by atoms with Crippen molar-refractivity contribution in [2.24, 2.45) is 0 Å². The summed E-state index contributed by atoms with van der Waals surface area (Å²) in [6.07, 6.45) is 2.05. The topological polar surface area (TPSA) is 80.3 Å². The van der Waals surface area contributed by atoms with Crippen molar-refractivity contribution >= 4 is 36.4 Å². The number of halogens is 2. The maximum atomic E-state index is 13.7. The Morgan fingerprint density at radius 2 is 2.05 bits per heavy atom. The lowest BCUT2D eigenvalue weighted by Gasteiger charge is -2.08. The van der Waals surface area contributed by atoms with Crippen LogP contribution in [0.15, 0.2) is 17.0 Å². The number of amides is 1. The van der Waals surface area contributed by atoms with E-state index >= 15 is 0 Å². The molecule has 0 saturated heterocycles. The van der Waals surface area contributed by atoms with E-state index < -0.39 is 36.5 Å². The highest BCUT2D eigenvalue weighted by atomic mass is 35.7. The van der Waals surface area contributed by atoms with Gasteiger partial charge in [0.15, 0.2) is 0 Å². The lowest BCUT2D eigenvalue weighted by molar-refractivity contribution is 0.0953. The summed E-state index contributed by atoms with van der Waals surface area (Å²) < 4.78 is 47.2. The molecular formula is C12H15ClFNO4S2. The fourth-order valence-electron chi connectivity index (χ4n) is 1.62. The summed E-state index contributed by atoms with van der Waals surface area (Å²) in [4.78, 5) is 11.4. The molecule has 0 spiro atoms. The van der Waals surface area contributed by atoms with E-state index in [0.717, 1.165) is 12.1 Å². The minimum Gasteiger partial charge on any atom is -0.352 e. The normalized spacial score (nSPS) is 13.0. The maximum absolute atomic E-state index is 13.7. The highest BCUT2D eigenvalue weighted by Gasteiger charge is 2.20. The lowest BCUT2D eigenvalue weighted by atomic mass is 10.1. The fraction of sp³-hybridized carbons (Fsp3) is 0.417. The molecule has 21 heavy (non-hydrogen) atoms. The molecule has 1 atom stereocenters. The van der Waals surface area contributed by atoms with Crippen LogP contribution in [0.3, 0.4) is 0 Å². The molecule has 0 heterocycles. The van der Waals surface area contributed by atoms with E-state index in [9.17, 15) is 21.8 Å². The molecule has 1 amide bonds. The fourth-order valence-corrected chi connectivity index (χ4v) is 3.38. The van der Waals surface area contributed by atoms with Crippen LogP contribution in [0.25, 0.3) is 0 Å². The minimum absolute atomic E-state index is 0.130. The van der Waals surface area contributed by atoms with Gasteiger partial charge in [-0.25, -0.2) is 12.8 Å². The smallest absolute Gasteiger partial charge is 0.261 e. The Labute approximate surface area is 129 Å². The number of carbonyl (C=O) groups is 1. The van der Waals surface area contributed by atoms with Gasteiger partial charge in [0.25, 0.3) is 15.0 Å². The molecule has 0 aliphatic rings. The zero-order valence-electron chi connectivity index (χ0n) is 11.5. The molecule has 1 aromatic rings. The lowest BCUT2D eigenvalue weighted by Crippen LogP contribution is -2.25. The zero-order valence-corrected chi connectivity index (χ0v) is 13.9. The van der Waals surface area contributed by atoms with Crippen LogP contribution in [0.4, 0.5) is 4.39 Å². The van der Waals surface area contributed by atoms with Gasteiger partial charge >= 0.3 is 0 Å². The first-order chi connectivity index (χ1) is 9.62. The van der Waals surface area contributed by atoms with Crippen molar-refractivity contribution < 1.29 is 21.8 Å². The van der Waals surface area contributed by atoms with E-state index in [1.807, 2.05) is 0 Å². The van der Waals surface area contributed by atoms with Gasteiger partial charge in [0.05, 0.1) is 4.90 Å². The first kappa shape index (κ1) is 18.1. The van der Waals surface area contributed by atoms with Crippen LogP contribution in [0.5, 0.6) is 0 Å². The average molecular weight is 356 g/mol. The molecule has 1 rings (SSSR count). The van der Waals surface area contributed by atoms with Gasteiger partial charge in [-0.1, -0.05) is 0 Å². The predicted molar refractivity (Wildman–Crippen MR) is 80.1 cm³/mol. The third kappa shape index (κ3) is 5.37. The summed E-state index contributed by atoms with van der Waals surface area (Å²) in [5.74, 6) is -1.00. The summed E-state index contributed by atoms with van der Waals surface area (Å²) in [7, 11) is 0.123. The van der Waals surface area contributed by atoms with E-state index in [4.69, 9.17) is 10.7 Å².